The molecule has 0 fully saturated rings. The van der Waals surface area contributed by atoms with E-state index in [1.807, 2.05) is 6.92 Å². The SMILES string of the molecule is CCCCCC[C@@H](C=O)C(F)(F)F. The Morgan fingerprint density at radius 2 is 1.85 bits per heavy atom. The van der Waals surface area contributed by atoms with Crippen molar-refractivity contribution in [1.29, 1.82) is 0 Å². The van der Waals surface area contributed by atoms with Crippen LogP contribution in [0.2, 0.25) is 0 Å². The molecule has 13 heavy (non-hydrogen) atoms. The Hall–Kier alpha value is -0.540. The second-order valence-electron chi connectivity index (χ2n) is 3.13. The first-order valence-electron chi connectivity index (χ1n) is 4.54. The fraction of sp³-hybridized carbons (Fsp3) is 0.889. The van der Waals surface area contributed by atoms with Gasteiger partial charge < -0.3 is 4.79 Å². The Morgan fingerprint density at radius 3 is 2.23 bits per heavy atom. The monoisotopic (exact) mass is 196 g/mol. The average Bonchev–Trinajstić information content (AvgIpc) is 2.02. The molecule has 0 unspecified atom stereocenters. The molecule has 0 aromatic heterocycles. The van der Waals surface area contributed by atoms with Crippen molar-refractivity contribution in [2.45, 2.75) is 45.2 Å². The zero-order chi connectivity index (χ0) is 10.3. The van der Waals surface area contributed by atoms with Gasteiger partial charge in [-0.15, -0.1) is 0 Å². The molecule has 0 radical (unpaired) electrons. The van der Waals surface area contributed by atoms with Crippen LogP contribution in [-0.4, -0.2) is 12.5 Å². The van der Waals surface area contributed by atoms with Crippen molar-refractivity contribution in [3.8, 4) is 0 Å². The molecule has 0 saturated heterocycles. The highest BCUT2D eigenvalue weighted by Crippen LogP contribution is 2.28. The van der Waals surface area contributed by atoms with E-state index in [9.17, 15) is 18.0 Å². The minimum Gasteiger partial charge on any atom is -0.303 e. The third-order valence-electron chi connectivity index (χ3n) is 1.95. The summed E-state index contributed by atoms with van der Waals surface area (Å²) in [5.41, 5.74) is 0. The van der Waals surface area contributed by atoms with E-state index in [1.54, 1.807) is 0 Å². The molecule has 0 rings (SSSR count). The summed E-state index contributed by atoms with van der Waals surface area (Å²) in [6.07, 6.45) is -1.23. The van der Waals surface area contributed by atoms with Gasteiger partial charge in [0.05, 0.1) is 0 Å². The normalized spacial score (nSPS) is 14.2. The molecule has 0 aliphatic heterocycles. The molecular weight excluding hydrogens is 181 g/mol. The Bertz CT molecular complexity index is 142. The van der Waals surface area contributed by atoms with E-state index in [1.165, 1.54) is 0 Å². The van der Waals surface area contributed by atoms with Crippen LogP contribution in [0.5, 0.6) is 0 Å². The first kappa shape index (κ1) is 12.5. The Kier molecular flexibility index (Phi) is 5.75. The molecule has 0 aromatic rings. The Balaban J connectivity index is 3.67. The summed E-state index contributed by atoms with van der Waals surface area (Å²) < 4.78 is 36.0. The lowest BCUT2D eigenvalue weighted by atomic mass is 10.0. The van der Waals surface area contributed by atoms with Gasteiger partial charge in [-0.25, -0.2) is 0 Å². The van der Waals surface area contributed by atoms with E-state index in [4.69, 9.17) is 0 Å². The van der Waals surface area contributed by atoms with Crippen LogP contribution in [0.3, 0.4) is 0 Å². The smallest absolute Gasteiger partial charge is 0.303 e. The first-order valence-corrected chi connectivity index (χ1v) is 4.54. The van der Waals surface area contributed by atoms with Crippen LogP contribution in [0.4, 0.5) is 13.2 Å². The van der Waals surface area contributed by atoms with Gasteiger partial charge >= 0.3 is 6.18 Å². The van der Waals surface area contributed by atoms with Gasteiger partial charge in [-0.05, 0) is 6.42 Å². The fourth-order valence-electron chi connectivity index (χ4n) is 1.10. The molecule has 0 heterocycles. The zero-order valence-corrected chi connectivity index (χ0v) is 7.73. The fourth-order valence-corrected chi connectivity index (χ4v) is 1.10. The summed E-state index contributed by atoms with van der Waals surface area (Å²) in [6.45, 7) is 1.99. The molecule has 78 valence electrons. The van der Waals surface area contributed by atoms with E-state index in [0.717, 1.165) is 19.3 Å². The number of aldehydes is 1. The predicted octanol–water partition coefficient (Wildman–Crippen LogP) is 3.33. The molecule has 0 aliphatic carbocycles. The highest BCUT2D eigenvalue weighted by molar-refractivity contribution is 5.54. The van der Waals surface area contributed by atoms with Gasteiger partial charge in [-0.1, -0.05) is 32.6 Å². The van der Waals surface area contributed by atoms with Crippen LogP contribution in [0.15, 0.2) is 0 Å². The number of halogens is 3. The van der Waals surface area contributed by atoms with Gasteiger partial charge in [0.2, 0.25) is 0 Å². The van der Waals surface area contributed by atoms with Crippen molar-refractivity contribution >= 4 is 6.29 Å². The van der Waals surface area contributed by atoms with Crippen molar-refractivity contribution in [3.05, 3.63) is 0 Å². The summed E-state index contributed by atoms with van der Waals surface area (Å²) in [5, 5.41) is 0. The number of hydrogen-bond acceptors (Lipinski definition) is 1. The van der Waals surface area contributed by atoms with E-state index in [2.05, 4.69) is 0 Å². The lowest BCUT2D eigenvalue weighted by molar-refractivity contribution is -0.175. The molecule has 0 amide bonds. The maximum Gasteiger partial charge on any atom is 0.398 e. The molecule has 4 heteroatoms. The van der Waals surface area contributed by atoms with Crippen molar-refractivity contribution < 1.29 is 18.0 Å². The Labute approximate surface area is 76.3 Å². The van der Waals surface area contributed by atoms with Crippen LogP contribution >= 0.6 is 0 Å². The summed E-state index contributed by atoms with van der Waals surface area (Å²) in [5.74, 6) is -1.76. The quantitative estimate of drug-likeness (QED) is 0.470. The zero-order valence-electron chi connectivity index (χ0n) is 7.73. The Morgan fingerprint density at radius 1 is 1.23 bits per heavy atom. The number of carbonyl (C=O) groups is 1. The van der Waals surface area contributed by atoms with E-state index in [-0.39, 0.29) is 12.7 Å². The lowest BCUT2D eigenvalue weighted by Gasteiger charge is -2.13. The predicted molar refractivity (Wildman–Crippen MR) is 44.4 cm³/mol. The van der Waals surface area contributed by atoms with Gasteiger partial charge in [0.15, 0.2) is 0 Å². The van der Waals surface area contributed by atoms with Crippen LogP contribution in [-0.2, 0) is 4.79 Å². The molecule has 0 spiro atoms. The molecule has 0 aliphatic rings. The van der Waals surface area contributed by atoms with E-state index in [0.29, 0.717) is 6.42 Å². The van der Waals surface area contributed by atoms with E-state index < -0.39 is 12.1 Å². The summed E-state index contributed by atoms with van der Waals surface area (Å²) in [4.78, 5) is 10.1. The van der Waals surface area contributed by atoms with Crippen LogP contribution in [0, 0.1) is 5.92 Å². The molecular formula is C9H15F3O. The standard InChI is InChI=1S/C9H15F3O/c1-2-3-4-5-6-8(7-13)9(10,11)12/h7-8H,2-6H2,1H3/t8-/m0/s1. The molecule has 0 bridgehead atoms. The van der Waals surface area contributed by atoms with Crippen molar-refractivity contribution in [2.24, 2.45) is 5.92 Å². The molecule has 1 atom stereocenters. The van der Waals surface area contributed by atoms with Crippen LogP contribution in [0.1, 0.15) is 39.0 Å². The second kappa shape index (κ2) is 6.00. The largest absolute Gasteiger partial charge is 0.398 e. The highest BCUT2D eigenvalue weighted by Gasteiger charge is 2.38. The topological polar surface area (TPSA) is 17.1 Å². The number of hydrogen-bond donors (Lipinski definition) is 0. The number of alkyl halides is 3. The number of rotatable bonds is 6. The van der Waals surface area contributed by atoms with Gasteiger partial charge in [-0.2, -0.15) is 13.2 Å². The average molecular weight is 196 g/mol. The van der Waals surface area contributed by atoms with Gasteiger partial charge in [-0.3, -0.25) is 0 Å². The van der Waals surface area contributed by atoms with Gasteiger partial charge in [0.1, 0.15) is 12.2 Å². The molecule has 1 nitrogen and oxygen atoms in total. The van der Waals surface area contributed by atoms with Crippen LogP contribution in [0.25, 0.3) is 0 Å². The molecule has 0 saturated carbocycles. The van der Waals surface area contributed by atoms with Gasteiger partial charge in [0.25, 0.3) is 0 Å². The van der Waals surface area contributed by atoms with Crippen molar-refractivity contribution in [2.75, 3.05) is 0 Å². The lowest BCUT2D eigenvalue weighted by Crippen LogP contribution is -2.23. The maximum absolute atomic E-state index is 12.0. The first-order chi connectivity index (χ1) is 6.02. The maximum atomic E-state index is 12.0. The van der Waals surface area contributed by atoms with Crippen LogP contribution < -0.4 is 0 Å². The summed E-state index contributed by atoms with van der Waals surface area (Å²) in [7, 11) is 0. The molecule has 0 N–H and O–H groups in total. The summed E-state index contributed by atoms with van der Waals surface area (Å²) >= 11 is 0. The minimum absolute atomic E-state index is 0.00590. The third-order valence-corrected chi connectivity index (χ3v) is 1.95. The van der Waals surface area contributed by atoms with E-state index >= 15 is 0 Å². The minimum atomic E-state index is -4.35. The van der Waals surface area contributed by atoms with Gasteiger partial charge in [0, 0.05) is 0 Å². The number of unbranched alkanes of at least 4 members (excludes halogenated alkanes) is 3. The number of carbonyl (C=O) groups excluding carboxylic acids is 1. The third kappa shape index (κ3) is 5.66. The van der Waals surface area contributed by atoms with Crippen molar-refractivity contribution in [3.63, 3.8) is 0 Å². The highest BCUT2D eigenvalue weighted by atomic mass is 19.4. The summed E-state index contributed by atoms with van der Waals surface area (Å²) in [6, 6.07) is 0. The van der Waals surface area contributed by atoms with Crippen molar-refractivity contribution in [1.82, 2.24) is 0 Å². The molecule has 0 aromatic carbocycles. The second-order valence-corrected chi connectivity index (χ2v) is 3.13.